The molecule has 2 bridgehead atoms. The number of benzene rings is 1. The third-order valence-electron chi connectivity index (χ3n) is 5.51. The first-order valence-electron chi connectivity index (χ1n) is 9.55. The third kappa shape index (κ3) is 3.84. The fourth-order valence-electron chi connectivity index (χ4n) is 4.33. The molecule has 138 valence electrons. The van der Waals surface area contributed by atoms with Gasteiger partial charge in [-0.1, -0.05) is 31.2 Å². The molecule has 1 aromatic carbocycles. The Balaban J connectivity index is 1.81. The molecular weight excluding hydrogens is 314 g/mol. The van der Waals surface area contributed by atoms with Gasteiger partial charge in [0.15, 0.2) is 0 Å². The maximum absolute atomic E-state index is 12.7. The van der Waals surface area contributed by atoms with Gasteiger partial charge < -0.3 is 14.7 Å². The molecular formula is C21H31NO3. The lowest BCUT2D eigenvalue weighted by Crippen LogP contribution is -2.59. The van der Waals surface area contributed by atoms with Crippen molar-refractivity contribution in [1.82, 2.24) is 4.90 Å². The van der Waals surface area contributed by atoms with Crippen LogP contribution in [0, 0.1) is 0 Å². The Kier molecular flexibility index (Phi) is 4.84. The van der Waals surface area contributed by atoms with Crippen LogP contribution in [0.5, 0.6) is 0 Å². The minimum Gasteiger partial charge on any atom is -0.444 e. The fourth-order valence-corrected chi connectivity index (χ4v) is 4.33. The Morgan fingerprint density at radius 1 is 1.20 bits per heavy atom. The highest BCUT2D eigenvalue weighted by Gasteiger charge is 2.49. The standard InChI is InChI=1S/C21H31NO3/c1-5-15-9-11-16(12-10-15)21(24)13-17-7-6-8-18(14-21)22(17)19(23)25-20(2,3)4/h9-12,17-18,24H,5-8,13-14H2,1-4H3. The minimum atomic E-state index is -0.847. The molecule has 2 fully saturated rings. The van der Waals surface area contributed by atoms with Crippen LogP contribution in [-0.4, -0.2) is 33.8 Å². The van der Waals surface area contributed by atoms with Crippen LogP contribution in [0.2, 0.25) is 0 Å². The molecule has 1 N–H and O–H groups in total. The van der Waals surface area contributed by atoms with Gasteiger partial charge in [-0.2, -0.15) is 0 Å². The second-order valence-electron chi connectivity index (χ2n) is 8.62. The van der Waals surface area contributed by atoms with Gasteiger partial charge >= 0.3 is 6.09 Å². The molecule has 4 nitrogen and oxygen atoms in total. The largest absolute Gasteiger partial charge is 0.444 e. The van der Waals surface area contributed by atoms with Crippen LogP contribution in [0.1, 0.15) is 70.9 Å². The smallest absolute Gasteiger partial charge is 0.410 e. The van der Waals surface area contributed by atoms with Crippen molar-refractivity contribution in [1.29, 1.82) is 0 Å². The molecule has 0 aliphatic carbocycles. The second kappa shape index (κ2) is 6.64. The number of ether oxygens (including phenoxy) is 1. The summed E-state index contributed by atoms with van der Waals surface area (Å²) in [5, 5.41) is 11.4. The molecule has 1 aromatic rings. The van der Waals surface area contributed by atoms with Crippen molar-refractivity contribution in [2.24, 2.45) is 0 Å². The van der Waals surface area contributed by atoms with E-state index in [1.54, 1.807) is 0 Å². The predicted octanol–water partition coefficient (Wildman–Crippen LogP) is 4.39. The molecule has 0 saturated carbocycles. The summed E-state index contributed by atoms with van der Waals surface area (Å²) in [7, 11) is 0. The summed E-state index contributed by atoms with van der Waals surface area (Å²) >= 11 is 0. The number of hydrogen-bond acceptors (Lipinski definition) is 3. The van der Waals surface area contributed by atoms with Crippen molar-refractivity contribution >= 4 is 6.09 Å². The van der Waals surface area contributed by atoms with Crippen LogP contribution < -0.4 is 0 Å². The molecule has 2 aliphatic heterocycles. The molecule has 2 aliphatic rings. The number of amides is 1. The van der Waals surface area contributed by atoms with E-state index in [1.165, 1.54) is 5.56 Å². The predicted molar refractivity (Wildman–Crippen MR) is 98.5 cm³/mol. The highest BCUT2D eigenvalue weighted by atomic mass is 16.6. The number of piperidine rings is 2. The first-order valence-corrected chi connectivity index (χ1v) is 9.55. The molecule has 4 heteroatoms. The normalized spacial score (nSPS) is 29.4. The van der Waals surface area contributed by atoms with Crippen molar-refractivity contribution in [2.75, 3.05) is 0 Å². The van der Waals surface area contributed by atoms with Crippen LogP contribution in [0.25, 0.3) is 0 Å². The molecule has 2 saturated heterocycles. The number of aliphatic hydroxyl groups is 1. The van der Waals surface area contributed by atoms with Gasteiger partial charge in [-0.05, 0) is 57.6 Å². The van der Waals surface area contributed by atoms with Crippen molar-refractivity contribution in [3.8, 4) is 0 Å². The molecule has 2 heterocycles. The van der Waals surface area contributed by atoms with E-state index in [9.17, 15) is 9.90 Å². The zero-order chi connectivity index (χ0) is 18.2. The average molecular weight is 345 g/mol. The van der Waals surface area contributed by atoms with Gasteiger partial charge in [-0.25, -0.2) is 4.79 Å². The number of rotatable bonds is 2. The Morgan fingerprint density at radius 2 is 1.76 bits per heavy atom. The van der Waals surface area contributed by atoms with Gasteiger partial charge in [0.05, 0.1) is 5.60 Å². The first kappa shape index (κ1) is 18.2. The number of carbonyl (C=O) groups excluding carboxylic acids is 1. The topological polar surface area (TPSA) is 49.8 Å². The molecule has 3 rings (SSSR count). The van der Waals surface area contributed by atoms with E-state index in [-0.39, 0.29) is 18.2 Å². The average Bonchev–Trinajstić information content (AvgIpc) is 2.52. The van der Waals surface area contributed by atoms with Crippen molar-refractivity contribution < 1.29 is 14.6 Å². The second-order valence-corrected chi connectivity index (χ2v) is 8.62. The van der Waals surface area contributed by atoms with E-state index < -0.39 is 11.2 Å². The van der Waals surface area contributed by atoms with Crippen molar-refractivity contribution in [2.45, 2.75) is 89.5 Å². The molecule has 25 heavy (non-hydrogen) atoms. The van der Waals surface area contributed by atoms with E-state index in [2.05, 4.69) is 31.2 Å². The highest BCUT2D eigenvalue weighted by Crippen LogP contribution is 2.44. The molecule has 1 amide bonds. The van der Waals surface area contributed by atoms with E-state index in [1.807, 2.05) is 25.7 Å². The van der Waals surface area contributed by atoms with E-state index >= 15 is 0 Å². The van der Waals surface area contributed by atoms with Gasteiger partial charge in [0, 0.05) is 24.9 Å². The third-order valence-corrected chi connectivity index (χ3v) is 5.51. The van der Waals surface area contributed by atoms with Gasteiger partial charge in [0.25, 0.3) is 0 Å². The summed E-state index contributed by atoms with van der Waals surface area (Å²) in [6, 6.07) is 8.42. The van der Waals surface area contributed by atoms with Gasteiger partial charge in [-0.15, -0.1) is 0 Å². The lowest BCUT2D eigenvalue weighted by Gasteiger charge is -2.51. The number of hydrogen-bond donors (Lipinski definition) is 1. The minimum absolute atomic E-state index is 0.0539. The fraction of sp³-hybridized carbons (Fsp3) is 0.667. The Labute approximate surface area is 151 Å². The molecule has 2 atom stereocenters. The lowest BCUT2D eigenvalue weighted by atomic mass is 9.72. The van der Waals surface area contributed by atoms with Crippen LogP contribution >= 0.6 is 0 Å². The first-order chi connectivity index (χ1) is 11.7. The summed E-state index contributed by atoms with van der Waals surface area (Å²) in [6.45, 7) is 7.83. The monoisotopic (exact) mass is 345 g/mol. The molecule has 2 unspecified atom stereocenters. The molecule has 0 spiro atoms. The maximum atomic E-state index is 12.7. The summed E-state index contributed by atoms with van der Waals surface area (Å²) in [4.78, 5) is 14.6. The van der Waals surface area contributed by atoms with Crippen LogP contribution in [0.3, 0.4) is 0 Å². The lowest BCUT2D eigenvalue weighted by molar-refractivity contribution is -0.0965. The van der Waals surface area contributed by atoms with E-state index in [0.29, 0.717) is 12.8 Å². The summed E-state index contributed by atoms with van der Waals surface area (Å²) in [5.41, 5.74) is 0.916. The number of nitrogens with zero attached hydrogens (tertiary/aromatic N) is 1. The van der Waals surface area contributed by atoms with Crippen LogP contribution in [-0.2, 0) is 16.8 Å². The Morgan fingerprint density at radius 3 is 2.24 bits per heavy atom. The van der Waals surface area contributed by atoms with Crippen molar-refractivity contribution in [3.05, 3.63) is 35.4 Å². The maximum Gasteiger partial charge on any atom is 0.410 e. The Bertz CT molecular complexity index is 603. The zero-order valence-electron chi connectivity index (χ0n) is 15.9. The highest BCUT2D eigenvalue weighted by molar-refractivity contribution is 5.69. The quantitative estimate of drug-likeness (QED) is 0.865. The van der Waals surface area contributed by atoms with Crippen molar-refractivity contribution in [3.63, 3.8) is 0 Å². The zero-order valence-corrected chi connectivity index (χ0v) is 15.9. The number of carbonyl (C=O) groups is 1. The van der Waals surface area contributed by atoms with Crippen LogP contribution in [0.4, 0.5) is 4.79 Å². The summed E-state index contributed by atoms with van der Waals surface area (Å²) in [5.74, 6) is 0. The number of fused-ring (bicyclic) bond motifs is 2. The Hall–Kier alpha value is -1.55. The van der Waals surface area contributed by atoms with Gasteiger partial charge in [-0.3, -0.25) is 0 Å². The van der Waals surface area contributed by atoms with Gasteiger partial charge in [0.2, 0.25) is 0 Å². The summed E-state index contributed by atoms with van der Waals surface area (Å²) in [6.07, 6.45) is 4.93. The SMILES string of the molecule is CCc1ccc(C2(O)CC3CCCC(C2)N3C(=O)OC(C)(C)C)cc1. The van der Waals surface area contributed by atoms with Crippen LogP contribution in [0.15, 0.2) is 24.3 Å². The molecule has 0 aromatic heterocycles. The number of aryl methyl sites for hydroxylation is 1. The van der Waals surface area contributed by atoms with E-state index in [4.69, 9.17) is 4.74 Å². The van der Waals surface area contributed by atoms with E-state index in [0.717, 1.165) is 31.2 Å². The van der Waals surface area contributed by atoms with Gasteiger partial charge in [0.1, 0.15) is 5.60 Å². The molecule has 0 radical (unpaired) electrons. The summed E-state index contributed by atoms with van der Waals surface area (Å²) < 4.78 is 5.62.